The Hall–Kier alpha value is -2.13. The van der Waals surface area contributed by atoms with Crippen molar-refractivity contribution in [2.45, 2.75) is 31.1 Å². The number of fused-ring (bicyclic) bond motifs is 1. The molecule has 0 fully saturated rings. The maximum atomic E-state index is 12.3. The van der Waals surface area contributed by atoms with Crippen molar-refractivity contribution >= 4 is 10.0 Å². The normalized spacial score (nSPS) is 14.1. The molecule has 1 aromatic heterocycles. The summed E-state index contributed by atoms with van der Waals surface area (Å²) in [5.41, 5.74) is 0. The van der Waals surface area contributed by atoms with E-state index in [-0.39, 0.29) is 17.4 Å². The van der Waals surface area contributed by atoms with Gasteiger partial charge in [-0.3, -0.25) is 0 Å². The highest BCUT2D eigenvalue weighted by atomic mass is 32.2. The van der Waals surface area contributed by atoms with Gasteiger partial charge in [0.05, 0.1) is 4.90 Å². The van der Waals surface area contributed by atoms with Crippen LogP contribution in [0.5, 0.6) is 11.5 Å². The molecule has 0 unspecified atom stereocenters. The summed E-state index contributed by atoms with van der Waals surface area (Å²) in [4.78, 5) is 0.125. The van der Waals surface area contributed by atoms with Crippen molar-refractivity contribution in [3.63, 3.8) is 0 Å². The SMILES string of the molecule is CC(C)c1nnc(CCNS(=O)(=O)c2ccc3c(c2)OCCO3)o1. The first-order valence-electron chi connectivity index (χ1n) is 7.67. The third-order valence-electron chi connectivity index (χ3n) is 3.43. The standard InChI is InChI=1S/C15H19N3O5S/c1-10(2)15-18-17-14(23-15)5-6-16-24(19,20)11-3-4-12-13(9-11)22-8-7-21-12/h3-4,9-10,16H,5-8H2,1-2H3. The van der Waals surface area contributed by atoms with Gasteiger partial charge in [-0.25, -0.2) is 13.1 Å². The van der Waals surface area contributed by atoms with Crippen LogP contribution in [0.25, 0.3) is 0 Å². The third kappa shape index (κ3) is 3.68. The molecule has 0 amide bonds. The molecular formula is C15H19N3O5S. The average molecular weight is 353 g/mol. The Morgan fingerprint density at radius 3 is 2.62 bits per heavy atom. The summed E-state index contributed by atoms with van der Waals surface area (Å²) in [7, 11) is -3.65. The Morgan fingerprint density at radius 1 is 1.17 bits per heavy atom. The van der Waals surface area contributed by atoms with Gasteiger partial charge in [0, 0.05) is 24.9 Å². The van der Waals surface area contributed by atoms with Gasteiger partial charge in [-0.2, -0.15) is 0 Å². The Bertz CT molecular complexity index is 816. The molecule has 1 N–H and O–H groups in total. The molecule has 3 rings (SSSR count). The Morgan fingerprint density at radius 2 is 1.92 bits per heavy atom. The highest BCUT2D eigenvalue weighted by Gasteiger charge is 2.19. The predicted octanol–water partition coefficient (Wildman–Crippen LogP) is 1.49. The molecule has 8 nitrogen and oxygen atoms in total. The molecule has 0 atom stereocenters. The van der Waals surface area contributed by atoms with E-state index in [4.69, 9.17) is 13.9 Å². The van der Waals surface area contributed by atoms with Crippen LogP contribution in [-0.2, 0) is 16.4 Å². The first kappa shape index (κ1) is 16.7. The van der Waals surface area contributed by atoms with E-state index in [0.717, 1.165) is 0 Å². The van der Waals surface area contributed by atoms with Gasteiger partial charge in [-0.05, 0) is 12.1 Å². The lowest BCUT2D eigenvalue weighted by Crippen LogP contribution is -2.26. The maximum absolute atomic E-state index is 12.3. The second-order valence-corrected chi connectivity index (χ2v) is 7.41. The van der Waals surface area contributed by atoms with Crippen LogP contribution >= 0.6 is 0 Å². The molecule has 0 bridgehead atoms. The van der Waals surface area contributed by atoms with Crippen LogP contribution in [0.1, 0.15) is 31.5 Å². The zero-order chi connectivity index (χ0) is 17.2. The van der Waals surface area contributed by atoms with Crippen LogP contribution in [0.2, 0.25) is 0 Å². The van der Waals surface area contributed by atoms with Crippen LogP contribution in [0.3, 0.4) is 0 Å². The number of hydrogen-bond donors (Lipinski definition) is 1. The average Bonchev–Trinajstić information content (AvgIpc) is 3.03. The van der Waals surface area contributed by atoms with Gasteiger partial charge in [-0.15, -0.1) is 10.2 Å². The van der Waals surface area contributed by atoms with Gasteiger partial charge in [0.1, 0.15) is 13.2 Å². The molecule has 1 aromatic carbocycles. The minimum absolute atomic E-state index is 0.125. The van der Waals surface area contributed by atoms with Crippen molar-refractivity contribution in [3.8, 4) is 11.5 Å². The van der Waals surface area contributed by atoms with Crippen molar-refractivity contribution in [2.75, 3.05) is 19.8 Å². The Kier molecular flexibility index (Phi) is 4.72. The van der Waals surface area contributed by atoms with Crippen LogP contribution in [0.15, 0.2) is 27.5 Å². The largest absolute Gasteiger partial charge is 0.486 e. The molecule has 24 heavy (non-hydrogen) atoms. The van der Waals surface area contributed by atoms with E-state index in [0.29, 0.717) is 42.9 Å². The molecule has 0 radical (unpaired) electrons. The molecule has 1 aliphatic heterocycles. The number of nitrogens with zero attached hydrogens (tertiary/aromatic N) is 2. The van der Waals surface area contributed by atoms with Crippen LogP contribution < -0.4 is 14.2 Å². The van der Waals surface area contributed by atoms with Gasteiger partial charge in [-0.1, -0.05) is 13.8 Å². The van der Waals surface area contributed by atoms with Crippen molar-refractivity contribution in [1.29, 1.82) is 0 Å². The first-order valence-corrected chi connectivity index (χ1v) is 9.15. The minimum atomic E-state index is -3.65. The van der Waals surface area contributed by atoms with Crippen molar-refractivity contribution in [1.82, 2.24) is 14.9 Å². The molecule has 2 heterocycles. The summed E-state index contributed by atoms with van der Waals surface area (Å²) in [6, 6.07) is 4.54. The lowest BCUT2D eigenvalue weighted by Gasteiger charge is -2.18. The quantitative estimate of drug-likeness (QED) is 0.839. The fraction of sp³-hybridized carbons (Fsp3) is 0.467. The zero-order valence-corrected chi connectivity index (χ0v) is 14.3. The van der Waals surface area contributed by atoms with Crippen molar-refractivity contribution < 1.29 is 22.3 Å². The summed E-state index contributed by atoms with van der Waals surface area (Å²) >= 11 is 0. The van der Waals surface area contributed by atoms with Gasteiger partial charge < -0.3 is 13.9 Å². The van der Waals surface area contributed by atoms with Gasteiger partial charge in [0.25, 0.3) is 0 Å². The molecule has 0 saturated heterocycles. The lowest BCUT2D eigenvalue weighted by molar-refractivity contribution is 0.171. The number of rotatable bonds is 6. The van der Waals surface area contributed by atoms with Crippen molar-refractivity contribution in [2.24, 2.45) is 0 Å². The smallest absolute Gasteiger partial charge is 0.240 e. The van der Waals surface area contributed by atoms with Crippen molar-refractivity contribution in [3.05, 3.63) is 30.0 Å². The number of nitrogens with one attached hydrogen (secondary N) is 1. The Labute approximate surface area is 140 Å². The predicted molar refractivity (Wildman–Crippen MR) is 84.7 cm³/mol. The van der Waals surface area contributed by atoms with E-state index in [1.165, 1.54) is 12.1 Å². The van der Waals surface area contributed by atoms with E-state index in [2.05, 4.69) is 14.9 Å². The fourth-order valence-electron chi connectivity index (χ4n) is 2.17. The summed E-state index contributed by atoms with van der Waals surface area (Å²) in [5, 5.41) is 7.81. The summed E-state index contributed by atoms with van der Waals surface area (Å²) in [5.74, 6) is 2.07. The second-order valence-electron chi connectivity index (χ2n) is 5.64. The first-order chi connectivity index (χ1) is 11.5. The molecule has 0 aliphatic carbocycles. The molecule has 130 valence electrons. The topological polar surface area (TPSA) is 104 Å². The molecule has 2 aromatic rings. The van der Waals surface area contributed by atoms with Crippen LogP contribution in [0, 0.1) is 0 Å². The molecular weight excluding hydrogens is 334 g/mol. The summed E-state index contributed by atoms with van der Waals surface area (Å²) in [6.45, 7) is 4.92. The summed E-state index contributed by atoms with van der Waals surface area (Å²) < 4.78 is 43.4. The molecule has 9 heteroatoms. The van der Waals surface area contributed by atoms with Crippen LogP contribution in [-0.4, -0.2) is 38.4 Å². The highest BCUT2D eigenvalue weighted by Crippen LogP contribution is 2.32. The number of benzene rings is 1. The van der Waals surface area contributed by atoms with E-state index < -0.39 is 10.0 Å². The third-order valence-corrected chi connectivity index (χ3v) is 4.89. The van der Waals surface area contributed by atoms with Crippen LogP contribution in [0.4, 0.5) is 0 Å². The number of hydrogen-bond acceptors (Lipinski definition) is 7. The van der Waals surface area contributed by atoms with E-state index in [9.17, 15) is 8.42 Å². The number of ether oxygens (including phenoxy) is 2. The summed E-state index contributed by atoms with van der Waals surface area (Å²) in [6.07, 6.45) is 0.323. The van der Waals surface area contributed by atoms with E-state index >= 15 is 0 Å². The van der Waals surface area contributed by atoms with E-state index in [1.54, 1.807) is 6.07 Å². The fourth-order valence-corrected chi connectivity index (χ4v) is 3.21. The van der Waals surface area contributed by atoms with Gasteiger partial charge in [0.15, 0.2) is 11.5 Å². The zero-order valence-electron chi connectivity index (χ0n) is 13.5. The molecule has 1 aliphatic rings. The van der Waals surface area contributed by atoms with Gasteiger partial charge in [0.2, 0.25) is 21.8 Å². The Balaban J connectivity index is 1.63. The molecule has 0 spiro atoms. The minimum Gasteiger partial charge on any atom is -0.486 e. The van der Waals surface area contributed by atoms with Gasteiger partial charge >= 0.3 is 0 Å². The highest BCUT2D eigenvalue weighted by molar-refractivity contribution is 7.89. The second kappa shape index (κ2) is 6.78. The monoisotopic (exact) mass is 353 g/mol. The maximum Gasteiger partial charge on any atom is 0.240 e. The lowest BCUT2D eigenvalue weighted by atomic mass is 10.2. The number of sulfonamides is 1. The molecule has 0 saturated carbocycles. The van der Waals surface area contributed by atoms with E-state index in [1.807, 2.05) is 13.8 Å². The number of aromatic nitrogens is 2.